The lowest BCUT2D eigenvalue weighted by molar-refractivity contribution is -0.152. The molecule has 64 valence electrons. The molecule has 1 rings (SSSR count). The largest absolute Gasteiger partial charge is 0.355 e. The zero-order valence-electron chi connectivity index (χ0n) is 7.00. The summed E-state index contributed by atoms with van der Waals surface area (Å²) in [4.78, 5) is 11.2. The highest BCUT2D eigenvalue weighted by Crippen LogP contribution is 2.25. The van der Waals surface area contributed by atoms with Crippen LogP contribution in [0.5, 0.6) is 0 Å². The minimum Gasteiger partial charge on any atom is -0.355 e. The monoisotopic (exact) mass is 158 g/mol. The molecule has 1 aliphatic rings. The molecule has 0 aliphatic heterocycles. The summed E-state index contributed by atoms with van der Waals surface area (Å²) in [7, 11) is 3.14. The van der Waals surface area contributed by atoms with Crippen molar-refractivity contribution in [1.82, 2.24) is 0 Å². The number of methoxy groups -OCH3 is 2. The molecule has 0 aromatic rings. The summed E-state index contributed by atoms with van der Waals surface area (Å²) >= 11 is 0. The molecule has 0 N–H and O–H groups in total. The van der Waals surface area contributed by atoms with Gasteiger partial charge >= 0.3 is 0 Å². The molecule has 1 fully saturated rings. The van der Waals surface area contributed by atoms with E-state index in [9.17, 15) is 4.79 Å². The van der Waals surface area contributed by atoms with Crippen molar-refractivity contribution in [2.24, 2.45) is 5.92 Å². The molecule has 0 heterocycles. The Morgan fingerprint density at radius 2 is 2.09 bits per heavy atom. The first kappa shape index (κ1) is 8.68. The van der Waals surface area contributed by atoms with E-state index in [1.54, 1.807) is 14.2 Å². The lowest BCUT2D eigenvalue weighted by atomic mass is 10.1. The number of ketones is 1. The second-order valence-electron chi connectivity index (χ2n) is 2.80. The van der Waals surface area contributed by atoms with Gasteiger partial charge in [-0.2, -0.15) is 0 Å². The number of hydrogen-bond donors (Lipinski definition) is 0. The van der Waals surface area contributed by atoms with Gasteiger partial charge in [-0.15, -0.1) is 0 Å². The summed E-state index contributed by atoms with van der Waals surface area (Å²) in [6, 6.07) is 0. The van der Waals surface area contributed by atoms with Gasteiger partial charge in [-0.25, -0.2) is 0 Å². The van der Waals surface area contributed by atoms with Gasteiger partial charge in [0.15, 0.2) is 6.29 Å². The third-order valence-electron chi connectivity index (χ3n) is 2.15. The minimum absolute atomic E-state index is 0.0231. The van der Waals surface area contributed by atoms with Crippen molar-refractivity contribution >= 4 is 5.78 Å². The summed E-state index contributed by atoms with van der Waals surface area (Å²) in [5.41, 5.74) is 0. The quantitative estimate of drug-likeness (QED) is 0.574. The third kappa shape index (κ3) is 1.79. The second kappa shape index (κ2) is 3.83. The topological polar surface area (TPSA) is 35.5 Å². The van der Waals surface area contributed by atoms with E-state index in [2.05, 4.69) is 0 Å². The Kier molecular flexibility index (Phi) is 3.02. The predicted octanol–water partition coefficient (Wildman–Crippen LogP) is 0.974. The zero-order chi connectivity index (χ0) is 8.27. The molecule has 11 heavy (non-hydrogen) atoms. The van der Waals surface area contributed by atoms with Crippen LogP contribution in [0.15, 0.2) is 0 Å². The molecule has 3 heteroatoms. The van der Waals surface area contributed by atoms with Crippen LogP contribution >= 0.6 is 0 Å². The molecule has 0 aromatic carbocycles. The van der Waals surface area contributed by atoms with Crippen LogP contribution in [0.1, 0.15) is 19.3 Å². The van der Waals surface area contributed by atoms with Crippen LogP contribution in [-0.4, -0.2) is 26.3 Å². The number of hydrogen-bond acceptors (Lipinski definition) is 3. The number of rotatable bonds is 3. The molecule has 0 bridgehead atoms. The molecule has 0 amide bonds. The number of ether oxygens (including phenoxy) is 2. The molecule has 1 aliphatic carbocycles. The molecule has 3 nitrogen and oxygen atoms in total. The molecular formula is C8H14O3. The Morgan fingerprint density at radius 1 is 1.45 bits per heavy atom. The lowest BCUT2D eigenvalue weighted by Gasteiger charge is -2.18. The first-order valence-electron chi connectivity index (χ1n) is 3.88. The maximum atomic E-state index is 11.2. The first-order valence-corrected chi connectivity index (χ1v) is 3.88. The fourth-order valence-electron chi connectivity index (χ4n) is 1.56. The molecule has 0 radical (unpaired) electrons. The SMILES string of the molecule is COC(OC)C1CCCC1=O. The van der Waals surface area contributed by atoms with E-state index in [4.69, 9.17) is 9.47 Å². The van der Waals surface area contributed by atoms with Gasteiger partial charge in [0.05, 0.1) is 5.92 Å². The smallest absolute Gasteiger partial charge is 0.166 e. The van der Waals surface area contributed by atoms with Crippen molar-refractivity contribution < 1.29 is 14.3 Å². The Balaban J connectivity index is 2.49. The van der Waals surface area contributed by atoms with E-state index in [1.165, 1.54) is 0 Å². The van der Waals surface area contributed by atoms with Crippen molar-refractivity contribution in [2.75, 3.05) is 14.2 Å². The van der Waals surface area contributed by atoms with Gasteiger partial charge in [0.25, 0.3) is 0 Å². The molecule has 0 spiro atoms. The van der Waals surface area contributed by atoms with Crippen molar-refractivity contribution in [3.05, 3.63) is 0 Å². The summed E-state index contributed by atoms with van der Waals surface area (Å²) in [5.74, 6) is 0.253. The van der Waals surface area contributed by atoms with Crippen LogP contribution in [0.4, 0.5) is 0 Å². The Morgan fingerprint density at radius 3 is 2.45 bits per heavy atom. The van der Waals surface area contributed by atoms with Gasteiger partial charge in [-0.3, -0.25) is 4.79 Å². The van der Waals surface area contributed by atoms with Gasteiger partial charge in [0, 0.05) is 20.6 Å². The Hall–Kier alpha value is -0.410. The fourth-order valence-corrected chi connectivity index (χ4v) is 1.56. The van der Waals surface area contributed by atoms with Gasteiger partial charge in [0.1, 0.15) is 5.78 Å². The molecular weight excluding hydrogens is 144 g/mol. The number of carbonyl (C=O) groups excluding carboxylic acids is 1. The van der Waals surface area contributed by atoms with Crippen molar-refractivity contribution in [3.63, 3.8) is 0 Å². The van der Waals surface area contributed by atoms with Crippen LogP contribution in [-0.2, 0) is 14.3 Å². The fraction of sp³-hybridized carbons (Fsp3) is 0.875. The summed E-state index contributed by atoms with van der Waals surface area (Å²) in [5, 5.41) is 0. The van der Waals surface area contributed by atoms with E-state index < -0.39 is 0 Å². The molecule has 1 atom stereocenters. The van der Waals surface area contributed by atoms with Gasteiger partial charge in [0.2, 0.25) is 0 Å². The van der Waals surface area contributed by atoms with E-state index in [0.29, 0.717) is 6.42 Å². The maximum Gasteiger partial charge on any atom is 0.166 e. The van der Waals surface area contributed by atoms with Gasteiger partial charge < -0.3 is 9.47 Å². The lowest BCUT2D eigenvalue weighted by Crippen LogP contribution is -2.27. The molecule has 0 saturated heterocycles. The maximum absolute atomic E-state index is 11.2. The summed E-state index contributed by atoms with van der Waals surface area (Å²) in [6.45, 7) is 0. The highest BCUT2D eigenvalue weighted by atomic mass is 16.7. The summed E-state index contributed by atoms with van der Waals surface area (Å²) < 4.78 is 10.0. The average Bonchev–Trinajstić information content (AvgIpc) is 2.40. The number of Topliss-reactive ketones (excluding diaryl/α,β-unsaturated/α-hetero) is 1. The molecule has 0 aromatic heterocycles. The summed E-state index contributed by atoms with van der Waals surface area (Å²) in [6.07, 6.45) is 2.25. The van der Waals surface area contributed by atoms with Gasteiger partial charge in [-0.1, -0.05) is 0 Å². The molecule has 1 unspecified atom stereocenters. The highest BCUT2D eigenvalue weighted by Gasteiger charge is 2.32. The van der Waals surface area contributed by atoms with E-state index in [0.717, 1.165) is 12.8 Å². The van der Waals surface area contributed by atoms with E-state index >= 15 is 0 Å². The van der Waals surface area contributed by atoms with Crippen LogP contribution in [0, 0.1) is 5.92 Å². The second-order valence-corrected chi connectivity index (χ2v) is 2.80. The number of carbonyl (C=O) groups is 1. The standard InChI is InChI=1S/C8H14O3/c1-10-8(11-2)6-4-3-5-7(6)9/h6,8H,3-5H2,1-2H3. The van der Waals surface area contributed by atoms with Crippen molar-refractivity contribution in [2.45, 2.75) is 25.6 Å². The third-order valence-corrected chi connectivity index (χ3v) is 2.15. The highest BCUT2D eigenvalue weighted by molar-refractivity contribution is 5.83. The zero-order valence-corrected chi connectivity index (χ0v) is 7.00. The first-order chi connectivity index (χ1) is 5.29. The molecule has 1 saturated carbocycles. The van der Waals surface area contributed by atoms with Crippen LogP contribution in [0.25, 0.3) is 0 Å². The van der Waals surface area contributed by atoms with E-state index in [1.807, 2.05) is 0 Å². The normalized spacial score (nSPS) is 25.0. The van der Waals surface area contributed by atoms with Crippen LogP contribution < -0.4 is 0 Å². The Bertz CT molecular complexity index is 140. The Labute approximate surface area is 66.7 Å². The van der Waals surface area contributed by atoms with Crippen LogP contribution in [0.3, 0.4) is 0 Å². The predicted molar refractivity (Wildman–Crippen MR) is 40.2 cm³/mol. The van der Waals surface area contributed by atoms with E-state index in [-0.39, 0.29) is 18.0 Å². The van der Waals surface area contributed by atoms with Gasteiger partial charge in [-0.05, 0) is 12.8 Å². The average molecular weight is 158 g/mol. The van der Waals surface area contributed by atoms with Crippen molar-refractivity contribution in [1.29, 1.82) is 0 Å². The minimum atomic E-state index is -0.329. The van der Waals surface area contributed by atoms with Crippen molar-refractivity contribution in [3.8, 4) is 0 Å². The van der Waals surface area contributed by atoms with Crippen LogP contribution in [0.2, 0.25) is 0 Å².